The van der Waals surface area contributed by atoms with E-state index in [-0.39, 0.29) is 0 Å². The van der Waals surface area contributed by atoms with Crippen LogP contribution in [0.25, 0.3) is 10.9 Å². The van der Waals surface area contributed by atoms with Crippen LogP contribution in [0.5, 0.6) is 5.75 Å². The third kappa shape index (κ3) is 2.02. The van der Waals surface area contributed by atoms with Crippen molar-refractivity contribution in [3.8, 4) is 11.8 Å². The van der Waals surface area contributed by atoms with Crippen LogP contribution in [0.1, 0.15) is 11.1 Å². The second-order valence-electron chi connectivity index (χ2n) is 4.61. The first-order valence-corrected chi connectivity index (χ1v) is 6.43. The fraction of sp³-hybridized carbons (Fsp3) is 0.118. The highest BCUT2D eigenvalue weighted by atomic mass is 16.5. The van der Waals surface area contributed by atoms with E-state index in [1.165, 1.54) is 0 Å². The lowest BCUT2D eigenvalue weighted by Gasteiger charge is -2.10. The van der Waals surface area contributed by atoms with Crippen molar-refractivity contribution < 1.29 is 4.74 Å². The standard InChI is InChI=1S/C17H14N2O/c1-20-17-8-3-2-5-14(17)12-19-10-9-15-13(11-18)6-4-7-16(15)19/h2-10H,12H2,1H3. The van der Waals surface area contributed by atoms with E-state index in [1.807, 2.05) is 48.7 Å². The molecule has 0 aliphatic carbocycles. The second kappa shape index (κ2) is 5.10. The van der Waals surface area contributed by atoms with Gasteiger partial charge in [-0.05, 0) is 24.3 Å². The molecule has 1 heterocycles. The minimum atomic E-state index is 0.710. The lowest BCUT2D eigenvalue weighted by Crippen LogP contribution is -2.00. The van der Waals surface area contributed by atoms with E-state index in [2.05, 4.69) is 16.7 Å². The number of benzene rings is 2. The van der Waals surface area contributed by atoms with Crippen molar-refractivity contribution in [1.29, 1.82) is 5.26 Å². The first-order chi connectivity index (χ1) is 9.83. The average molecular weight is 262 g/mol. The van der Waals surface area contributed by atoms with Crippen molar-refractivity contribution in [3.05, 3.63) is 65.9 Å². The van der Waals surface area contributed by atoms with Crippen molar-refractivity contribution >= 4 is 10.9 Å². The molecule has 20 heavy (non-hydrogen) atoms. The molecule has 3 aromatic rings. The predicted octanol–water partition coefficient (Wildman–Crippen LogP) is 3.57. The smallest absolute Gasteiger partial charge is 0.123 e. The van der Waals surface area contributed by atoms with Crippen LogP contribution in [0, 0.1) is 11.3 Å². The number of hydrogen-bond donors (Lipinski definition) is 0. The zero-order chi connectivity index (χ0) is 13.9. The molecule has 98 valence electrons. The molecular weight excluding hydrogens is 248 g/mol. The van der Waals surface area contributed by atoms with E-state index < -0.39 is 0 Å². The molecule has 0 spiro atoms. The van der Waals surface area contributed by atoms with Crippen LogP contribution in [0.2, 0.25) is 0 Å². The summed E-state index contributed by atoms with van der Waals surface area (Å²) in [6.07, 6.45) is 2.01. The van der Waals surface area contributed by atoms with Crippen LogP contribution in [-0.4, -0.2) is 11.7 Å². The quantitative estimate of drug-likeness (QED) is 0.723. The zero-order valence-electron chi connectivity index (χ0n) is 11.2. The van der Waals surface area contributed by atoms with Crippen LogP contribution in [0.4, 0.5) is 0 Å². The monoisotopic (exact) mass is 262 g/mol. The molecule has 0 atom stereocenters. The second-order valence-corrected chi connectivity index (χ2v) is 4.61. The van der Waals surface area contributed by atoms with E-state index in [0.717, 1.165) is 28.8 Å². The molecule has 0 amide bonds. The molecule has 0 unspecified atom stereocenters. The Hall–Kier alpha value is -2.73. The maximum Gasteiger partial charge on any atom is 0.123 e. The molecule has 0 aliphatic heterocycles. The van der Waals surface area contributed by atoms with Gasteiger partial charge >= 0.3 is 0 Å². The maximum atomic E-state index is 9.14. The molecule has 2 aromatic carbocycles. The molecule has 0 aliphatic rings. The summed E-state index contributed by atoms with van der Waals surface area (Å²) in [5.74, 6) is 0.880. The molecule has 1 aromatic heterocycles. The molecule has 3 rings (SSSR count). The fourth-order valence-electron chi connectivity index (χ4n) is 2.48. The summed E-state index contributed by atoms with van der Waals surface area (Å²) in [6, 6.07) is 18.0. The fourth-order valence-corrected chi connectivity index (χ4v) is 2.48. The van der Waals surface area contributed by atoms with E-state index in [1.54, 1.807) is 7.11 Å². The molecule has 3 nitrogen and oxygen atoms in total. The van der Waals surface area contributed by atoms with Crippen molar-refractivity contribution in [1.82, 2.24) is 4.57 Å². The lowest BCUT2D eigenvalue weighted by atomic mass is 10.1. The Kier molecular flexibility index (Phi) is 3.14. The van der Waals surface area contributed by atoms with Gasteiger partial charge in [-0.1, -0.05) is 24.3 Å². The Morgan fingerprint density at radius 1 is 1.10 bits per heavy atom. The van der Waals surface area contributed by atoms with E-state index in [0.29, 0.717) is 5.56 Å². The molecule has 0 fully saturated rings. The Balaban J connectivity index is 2.06. The molecular formula is C17H14N2O. The van der Waals surface area contributed by atoms with Gasteiger partial charge in [-0.25, -0.2) is 0 Å². The van der Waals surface area contributed by atoms with Crippen LogP contribution in [0.3, 0.4) is 0 Å². The van der Waals surface area contributed by atoms with E-state index >= 15 is 0 Å². The van der Waals surface area contributed by atoms with Gasteiger partial charge in [0.25, 0.3) is 0 Å². The number of methoxy groups -OCH3 is 1. The normalized spacial score (nSPS) is 10.4. The van der Waals surface area contributed by atoms with Gasteiger partial charge < -0.3 is 9.30 Å². The van der Waals surface area contributed by atoms with Crippen molar-refractivity contribution in [2.75, 3.05) is 7.11 Å². The molecule has 3 heteroatoms. The summed E-state index contributed by atoms with van der Waals surface area (Å²) in [6.45, 7) is 0.725. The Labute approximate surface area is 117 Å². The largest absolute Gasteiger partial charge is 0.496 e. The third-order valence-corrected chi connectivity index (χ3v) is 3.47. The summed E-state index contributed by atoms with van der Waals surface area (Å²) in [4.78, 5) is 0. The average Bonchev–Trinajstić information content (AvgIpc) is 2.91. The number of nitriles is 1. The van der Waals surface area contributed by atoms with Gasteiger partial charge in [0.1, 0.15) is 5.75 Å². The minimum absolute atomic E-state index is 0.710. The summed E-state index contributed by atoms with van der Waals surface area (Å²) >= 11 is 0. The number of aromatic nitrogens is 1. The van der Waals surface area contributed by atoms with Gasteiger partial charge in [0.05, 0.1) is 25.3 Å². The number of rotatable bonds is 3. The summed E-state index contributed by atoms with van der Waals surface area (Å²) in [7, 11) is 1.68. The lowest BCUT2D eigenvalue weighted by molar-refractivity contribution is 0.408. The highest BCUT2D eigenvalue weighted by Crippen LogP contribution is 2.23. The number of para-hydroxylation sites is 1. The third-order valence-electron chi connectivity index (χ3n) is 3.47. The van der Waals surface area contributed by atoms with Crippen LogP contribution in [0.15, 0.2) is 54.7 Å². The Morgan fingerprint density at radius 2 is 1.95 bits per heavy atom. The van der Waals surface area contributed by atoms with E-state index in [4.69, 9.17) is 10.00 Å². The van der Waals surface area contributed by atoms with Crippen LogP contribution < -0.4 is 4.74 Å². The minimum Gasteiger partial charge on any atom is -0.496 e. The summed E-state index contributed by atoms with van der Waals surface area (Å²) in [5, 5.41) is 10.1. The number of hydrogen-bond acceptors (Lipinski definition) is 2. The first kappa shape index (κ1) is 12.3. The Bertz CT molecular complexity index is 796. The zero-order valence-corrected chi connectivity index (χ0v) is 11.2. The molecule has 0 N–H and O–H groups in total. The molecule has 0 radical (unpaired) electrons. The molecule has 0 bridgehead atoms. The SMILES string of the molecule is COc1ccccc1Cn1ccc2c(C#N)cccc21. The van der Waals surface area contributed by atoms with Gasteiger partial charge in [-0.2, -0.15) is 5.26 Å². The number of nitrogens with zero attached hydrogens (tertiary/aromatic N) is 2. The molecule has 0 saturated carbocycles. The highest BCUT2D eigenvalue weighted by molar-refractivity contribution is 5.86. The van der Waals surface area contributed by atoms with Gasteiger partial charge in [0.2, 0.25) is 0 Å². The number of fused-ring (bicyclic) bond motifs is 1. The summed E-state index contributed by atoms with van der Waals surface area (Å²) < 4.78 is 7.52. The van der Waals surface area contributed by atoms with Gasteiger partial charge in [0, 0.05) is 22.7 Å². The Morgan fingerprint density at radius 3 is 2.75 bits per heavy atom. The highest BCUT2D eigenvalue weighted by Gasteiger charge is 2.07. The first-order valence-electron chi connectivity index (χ1n) is 6.43. The van der Waals surface area contributed by atoms with Gasteiger partial charge in [0.15, 0.2) is 0 Å². The van der Waals surface area contributed by atoms with Gasteiger partial charge in [-0.15, -0.1) is 0 Å². The van der Waals surface area contributed by atoms with Crippen molar-refractivity contribution in [3.63, 3.8) is 0 Å². The van der Waals surface area contributed by atoms with E-state index in [9.17, 15) is 0 Å². The molecule has 0 saturated heterocycles. The summed E-state index contributed by atoms with van der Waals surface area (Å²) in [5.41, 5.74) is 2.89. The van der Waals surface area contributed by atoms with Crippen molar-refractivity contribution in [2.24, 2.45) is 0 Å². The van der Waals surface area contributed by atoms with Gasteiger partial charge in [-0.3, -0.25) is 0 Å². The maximum absolute atomic E-state index is 9.14. The topological polar surface area (TPSA) is 38.0 Å². The van der Waals surface area contributed by atoms with Crippen LogP contribution >= 0.6 is 0 Å². The van der Waals surface area contributed by atoms with Crippen LogP contribution in [-0.2, 0) is 6.54 Å². The predicted molar refractivity (Wildman–Crippen MR) is 78.7 cm³/mol. The van der Waals surface area contributed by atoms with Crippen molar-refractivity contribution in [2.45, 2.75) is 6.54 Å². The number of ether oxygens (including phenoxy) is 1.